The van der Waals surface area contributed by atoms with Gasteiger partial charge in [0.05, 0.1) is 14.2 Å². The Morgan fingerprint density at radius 1 is 1.23 bits per heavy atom. The van der Waals surface area contributed by atoms with E-state index in [1.165, 1.54) is 0 Å². The third-order valence-electron chi connectivity index (χ3n) is 3.41. The van der Waals surface area contributed by atoms with Gasteiger partial charge in [-0.1, -0.05) is 13.0 Å². The predicted molar refractivity (Wildman–Crippen MR) is 84.3 cm³/mol. The van der Waals surface area contributed by atoms with Gasteiger partial charge in [-0.15, -0.1) is 0 Å². The van der Waals surface area contributed by atoms with E-state index in [2.05, 4.69) is 10.3 Å². The first-order valence-electron chi connectivity index (χ1n) is 7.11. The van der Waals surface area contributed by atoms with Crippen molar-refractivity contribution in [2.75, 3.05) is 14.2 Å². The Hall–Kier alpha value is -2.56. The maximum atomic E-state index is 12.4. The van der Waals surface area contributed by atoms with Crippen molar-refractivity contribution in [3.8, 4) is 11.5 Å². The second kappa shape index (κ2) is 7.45. The van der Waals surface area contributed by atoms with Gasteiger partial charge in [0.1, 0.15) is 0 Å². The first kappa shape index (κ1) is 15.8. The van der Waals surface area contributed by atoms with Crippen LogP contribution >= 0.6 is 0 Å². The van der Waals surface area contributed by atoms with E-state index in [0.717, 1.165) is 17.5 Å². The van der Waals surface area contributed by atoms with Gasteiger partial charge >= 0.3 is 0 Å². The van der Waals surface area contributed by atoms with E-state index in [4.69, 9.17) is 9.47 Å². The molecule has 0 radical (unpaired) electrons. The zero-order valence-electron chi connectivity index (χ0n) is 13.1. The first-order chi connectivity index (χ1) is 10.7. The standard InChI is InChI=1S/C17H20N2O3/c1-4-13-8-15(21-2)16(22-3)9-14(13)17(20)19-11-12-6-5-7-18-10-12/h5-10H,4,11H2,1-3H3,(H,19,20). The molecule has 0 aliphatic carbocycles. The minimum absolute atomic E-state index is 0.137. The first-order valence-corrected chi connectivity index (χ1v) is 7.11. The fraction of sp³-hybridized carbons (Fsp3) is 0.294. The molecule has 0 fully saturated rings. The van der Waals surface area contributed by atoms with Gasteiger partial charge in [0, 0.05) is 24.5 Å². The van der Waals surface area contributed by atoms with Crippen molar-refractivity contribution < 1.29 is 14.3 Å². The highest BCUT2D eigenvalue weighted by Crippen LogP contribution is 2.30. The maximum Gasteiger partial charge on any atom is 0.251 e. The summed E-state index contributed by atoms with van der Waals surface area (Å²) in [6.07, 6.45) is 4.17. The van der Waals surface area contributed by atoms with Crippen molar-refractivity contribution in [2.45, 2.75) is 19.9 Å². The molecular weight excluding hydrogens is 280 g/mol. The number of ether oxygens (including phenoxy) is 2. The SMILES string of the molecule is CCc1cc(OC)c(OC)cc1C(=O)NCc1cccnc1. The number of nitrogens with zero attached hydrogens (tertiary/aromatic N) is 1. The molecule has 1 heterocycles. The minimum Gasteiger partial charge on any atom is -0.493 e. The van der Waals surface area contributed by atoms with Crippen LogP contribution in [0.3, 0.4) is 0 Å². The van der Waals surface area contributed by atoms with E-state index in [1.54, 1.807) is 32.7 Å². The van der Waals surface area contributed by atoms with Crippen molar-refractivity contribution in [3.63, 3.8) is 0 Å². The van der Waals surface area contributed by atoms with Crippen LogP contribution in [0.1, 0.15) is 28.4 Å². The normalized spacial score (nSPS) is 10.1. The number of nitrogens with one attached hydrogen (secondary N) is 1. The van der Waals surface area contributed by atoms with E-state index in [0.29, 0.717) is 23.6 Å². The summed E-state index contributed by atoms with van der Waals surface area (Å²) in [5.74, 6) is 1.04. The number of hydrogen-bond acceptors (Lipinski definition) is 4. The number of aryl methyl sites for hydroxylation is 1. The van der Waals surface area contributed by atoms with Crippen LogP contribution in [0.15, 0.2) is 36.7 Å². The monoisotopic (exact) mass is 300 g/mol. The number of benzene rings is 1. The lowest BCUT2D eigenvalue weighted by Gasteiger charge is -2.14. The molecule has 0 bridgehead atoms. The lowest BCUT2D eigenvalue weighted by Crippen LogP contribution is -2.24. The summed E-state index contributed by atoms with van der Waals surface area (Å²) in [4.78, 5) is 16.5. The number of methoxy groups -OCH3 is 2. The van der Waals surface area contributed by atoms with E-state index >= 15 is 0 Å². The van der Waals surface area contributed by atoms with Crippen LogP contribution in [0.5, 0.6) is 11.5 Å². The summed E-state index contributed by atoms with van der Waals surface area (Å²) in [6.45, 7) is 2.43. The van der Waals surface area contributed by atoms with Gasteiger partial charge in [0.15, 0.2) is 11.5 Å². The molecule has 1 amide bonds. The molecule has 22 heavy (non-hydrogen) atoms. The fourth-order valence-electron chi connectivity index (χ4n) is 2.21. The topological polar surface area (TPSA) is 60.5 Å². The Morgan fingerprint density at radius 3 is 2.55 bits per heavy atom. The highest BCUT2D eigenvalue weighted by molar-refractivity contribution is 5.96. The molecule has 0 spiro atoms. The van der Waals surface area contributed by atoms with E-state index in [-0.39, 0.29) is 5.91 Å². The number of carbonyl (C=O) groups excluding carboxylic acids is 1. The van der Waals surface area contributed by atoms with Crippen molar-refractivity contribution in [2.24, 2.45) is 0 Å². The molecule has 0 atom stereocenters. The van der Waals surface area contributed by atoms with Crippen LogP contribution in [0.25, 0.3) is 0 Å². The number of carbonyl (C=O) groups is 1. The van der Waals surface area contributed by atoms with Crippen molar-refractivity contribution >= 4 is 5.91 Å². The predicted octanol–water partition coefficient (Wildman–Crippen LogP) is 2.59. The highest BCUT2D eigenvalue weighted by atomic mass is 16.5. The third kappa shape index (κ3) is 3.55. The number of pyridine rings is 1. The Labute approximate surface area is 130 Å². The largest absolute Gasteiger partial charge is 0.493 e. The molecule has 0 unspecified atom stereocenters. The van der Waals surface area contributed by atoms with Gasteiger partial charge in [0.25, 0.3) is 5.91 Å². The Bertz CT molecular complexity index is 642. The van der Waals surface area contributed by atoms with Gasteiger partial charge in [0.2, 0.25) is 0 Å². The summed E-state index contributed by atoms with van der Waals surface area (Å²) < 4.78 is 10.6. The lowest BCUT2D eigenvalue weighted by atomic mass is 10.0. The average Bonchev–Trinajstić information content (AvgIpc) is 2.59. The lowest BCUT2D eigenvalue weighted by molar-refractivity contribution is 0.0949. The fourth-order valence-corrected chi connectivity index (χ4v) is 2.21. The zero-order chi connectivity index (χ0) is 15.9. The van der Waals surface area contributed by atoms with Gasteiger partial charge in [-0.05, 0) is 35.7 Å². The number of hydrogen-bond donors (Lipinski definition) is 1. The van der Waals surface area contributed by atoms with Crippen molar-refractivity contribution in [1.82, 2.24) is 10.3 Å². The molecule has 0 saturated heterocycles. The third-order valence-corrected chi connectivity index (χ3v) is 3.41. The molecule has 5 heteroatoms. The van der Waals surface area contributed by atoms with Crippen LogP contribution in [-0.4, -0.2) is 25.1 Å². The average molecular weight is 300 g/mol. The molecule has 2 rings (SSSR count). The quantitative estimate of drug-likeness (QED) is 0.891. The zero-order valence-corrected chi connectivity index (χ0v) is 13.1. The van der Waals surface area contributed by atoms with Gasteiger partial charge in [-0.2, -0.15) is 0 Å². The summed E-state index contributed by atoms with van der Waals surface area (Å²) in [6, 6.07) is 7.33. The van der Waals surface area contributed by atoms with Gasteiger partial charge in [-0.25, -0.2) is 0 Å². The molecule has 0 aliphatic heterocycles. The summed E-state index contributed by atoms with van der Waals surface area (Å²) in [5.41, 5.74) is 2.47. The molecule has 1 aromatic carbocycles. The van der Waals surface area contributed by atoms with Crippen LogP contribution in [-0.2, 0) is 13.0 Å². The highest BCUT2D eigenvalue weighted by Gasteiger charge is 2.15. The Morgan fingerprint density at radius 2 is 1.95 bits per heavy atom. The Balaban J connectivity index is 2.21. The maximum absolute atomic E-state index is 12.4. The Kier molecular flexibility index (Phi) is 5.36. The molecule has 116 valence electrons. The van der Waals surface area contributed by atoms with E-state index in [1.807, 2.05) is 25.1 Å². The van der Waals surface area contributed by atoms with E-state index in [9.17, 15) is 4.79 Å². The van der Waals surface area contributed by atoms with Crippen LogP contribution in [0.2, 0.25) is 0 Å². The summed E-state index contributed by atoms with van der Waals surface area (Å²) in [7, 11) is 3.14. The molecule has 0 aliphatic rings. The molecular formula is C17H20N2O3. The van der Waals surface area contributed by atoms with Crippen molar-refractivity contribution in [3.05, 3.63) is 53.3 Å². The van der Waals surface area contributed by atoms with E-state index < -0.39 is 0 Å². The second-order valence-electron chi connectivity index (χ2n) is 4.76. The van der Waals surface area contributed by atoms with Crippen LogP contribution in [0.4, 0.5) is 0 Å². The molecule has 0 saturated carbocycles. The van der Waals surface area contributed by atoms with Crippen LogP contribution in [0, 0.1) is 0 Å². The smallest absolute Gasteiger partial charge is 0.251 e. The minimum atomic E-state index is -0.137. The van der Waals surface area contributed by atoms with Gasteiger partial charge < -0.3 is 14.8 Å². The molecule has 2 aromatic rings. The van der Waals surface area contributed by atoms with Gasteiger partial charge in [-0.3, -0.25) is 9.78 Å². The molecule has 1 N–H and O–H groups in total. The van der Waals surface area contributed by atoms with Crippen LogP contribution < -0.4 is 14.8 Å². The summed E-state index contributed by atoms with van der Waals surface area (Å²) >= 11 is 0. The second-order valence-corrected chi connectivity index (χ2v) is 4.76. The number of amides is 1. The number of aromatic nitrogens is 1. The molecule has 5 nitrogen and oxygen atoms in total. The summed E-state index contributed by atoms with van der Waals surface area (Å²) in [5, 5.41) is 2.90. The number of rotatable bonds is 6. The molecule has 1 aromatic heterocycles. The van der Waals surface area contributed by atoms with Crippen molar-refractivity contribution in [1.29, 1.82) is 0 Å².